The Kier molecular flexibility index (Phi) is 8.19. The van der Waals surface area contributed by atoms with Crippen molar-refractivity contribution in [3.05, 3.63) is 0 Å². The molecule has 0 saturated carbocycles. The first kappa shape index (κ1) is 21.9. The Morgan fingerprint density at radius 1 is 0.792 bits per heavy atom. The average molecular weight is 378 g/mol. The molecule has 10 atom stereocenters. The summed E-state index contributed by atoms with van der Waals surface area (Å²) in [5.41, 5.74) is 5.55. The molecule has 2 aliphatic rings. The quantitative estimate of drug-likeness (QED) is 0.233. The lowest BCUT2D eigenvalue weighted by atomic mass is 9.96. The second kappa shape index (κ2) is 8.98. The van der Waals surface area contributed by atoms with Crippen LogP contribution in [0.3, 0.4) is 0 Å². The Hall–Kier alpha value is -0.150. The summed E-state index contributed by atoms with van der Waals surface area (Å²) in [4.78, 5) is 0. The van der Waals surface area contributed by atoms with Crippen LogP contribution in [0.2, 0.25) is 0 Å². The van der Waals surface area contributed by atoms with Gasteiger partial charge in [0.2, 0.25) is 0 Å². The molecule has 24 heavy (non-hydrogen) atoms. The largest absolute Gasteiger partial charge is 0.394 e. The zero-order valence-corrected chi connectivity index (χ0v) is 13.3. The van der Waals surface area contributed by atoms with Gasteiger partial charge in [-0.25, -0.2) is 0 Å². The van der Waals surface area contributed by atoms with Crippen LogP contribution < -0.4 is 5.73 Å². The molecule has 0 aliphatic carbocycles. The summed E-state index contributed by atoms with van der Waals surface area (Å²) in [6, 6.07) is -1.23. The number of hydrogen-bond donors (Lipinski definition) is 8. The highest BCUT2D eigenvalue weighted by Crippen LogP contribution is 2.27. The molecule has 12 heteroatoms. The Bertz CT molecular complexity index is 389. The zero-order chi connectivity index (χ0) is 17.3. The number of nitrogens with two attached hydrogens (primary N) is 1. The van der Waals surface area contributed by atoms with E-state index < -0.39 is 74.6 Å². The number of rotatable bonds is 4. The van der Waals surface area contributed by atoms with Crippen molar-refractivity contribution < 1.29 is 50.0 Å². The molecule has 0 aromatic heterocycles. The van der Waals surface area contributed by atoms with Gasteiger partial charge in [0.25, 0.3) is 0 Å². The Balaban J connectivity index is 0.00000288. The van der Waals surface area contributed by atoms with Crippen LogP contribution >= 0.6 is 12.4 Å². The van der Waals surface area contributed by atoms with Gasteiger partial charge in [-0.15, -0.1) is 12.4 Å². The lowest BCUT2D eigenvalue weighted by Gasteiger charge is -2.45. The van der Waals surface area contributed by atoms with Gasteiger partial charge in [0.05, 0.1) is 19.3 Å². The Morgan fingerprint density at radius 2 is 1.38 bits per heavy atom. The van der Waals surface area contributed by atoms with E-state index in [4.69, 9.17) is 25.1 Å². The summed E-state index contributed by atoms with van der Waals surface area (Å²) in [5, 5.41) is 67.3. The first-order chi connectivity index (χ1) is 10.8. The van der Waals surface area contributed by atoms with Crippen molar-refractivity contribution in [1.82, 2.24) is 0 Å². The first-order valence-corrected chi connectivity index (χ1v) is 7.15. The van der Waals surface area contributed by atoms with Crippen molar-refractivity contribution in [1.29, 1.82) is 0 Å². The summed E-state index contributed by atoms with van der Waals surface area (Å²) >= 11 is 0. The molecule has 2 saturated heterocycles. The van der Waals surface area contributed by atoms with Crippen molar-refractivity contribution in [2.45, 2.75) is 61.3 Å². The topological polar surface area (TPSA) is 195 Å². The molecule has 9 N–H and O–H groups in total. The molecular formula is C12H24ClNO10. The van der Waals surface area contributed by atoms with Gasteiger partial charge in [-0.1, -0.05) is 0 Å². The van der Waals surface area contributed by atoms with Crippen LogP contribution in [-0.2, 0) is 14.2 Å². The van der Waals surface area contributed by atoms with Crippen molar-refractivity contribution in [3.63, 3.8) is 0 Å². The van der Waals surface area contributed by atoms with E-state index in [1.54, 1.807) is 0 Å². The molecule has 0 spiro atoms. The fourth-order valence-electron chi connectivity index (χ4n) is 2.60. The smallest absolute Gasteiger partial charge is 0.187 e. The lowest BCUT2D eigenvalue weighted by Crippen LogP contribution is -2.66. The minimum Gasteiger partial charge on any atom is -0.394 e. The SMILES string of the molecule is Cl.N[C@@H]1[C@@H](O)[C@H](O[C@@H]2O[C@H](CO)[C@H](O)[C@H](O)[C@H]2O)[C@@H](CO)O[C@H]1O. The van der Waals surface area contributed by atoms with E-state index in [1.165, 1.54) is 0 Å². The molecule has 2 rings (SSSR count). The summed E-state index contributed by atoms with van der Waals surface area (Å²) in [6.07, 6.45) is -13.0. The summed E-state index contributed by atoms with van der Waals surface area (Å²) in [5.74, 6) is 0. The maximum absolute atomic E-state index is 10.1. The summed E-state index contributed by atoms with van der Waals surface area (Å²) in [6.45, 7) is -1.26. The predicted octanol–water partition coefficient (Wildman–Crippen LogP) is -5.01. The molecule has 2 heterocycles. The summed E-state index contributed by atoms with van der Waals surface area (Å²) < 4.78 is 15.5. The Labute approximate surface area is 143 Å². The van der Waals surface area contributed by atoms with Crippen molar-refractivity contribution >= 4 is 12.4 Å². The third-order valence-electron chi connectivity index (χ3n) is 4.06. The minimum atomic E-state index is -1.68. The van der Waals surface area contributed by atoms with Gasteiger partial charge in [0.15, 0.2) is 12.6 Å². The number of ether oxygens (including phenoxy) is 3. The van der Waals surface area contributed by atoms with Gasteiger partial charge in [-0.2, -0.15) is 0 Å². The van der Waals surface area contributed by atoms with Crippen LogP contribution in [0.5, 0.6) is 0 Å². The van der Waals surface area contributed by atoms with Crippen LogP contribution in [0.25, 0.3) is 0 Å². The van der Waals surface area contributed by atoms with E-state index in [-0.39, 0.29) is 12.4 Å². The zero-order valence-electron chi connectivity index (χ0n) is 12.5. The molecule has 0 aromatic carbocycles. The van der Waals surface area contributed by atoms with Gasteiger partial charge in [0.1, 0.15) is 42.7 Å². The van der Waals surface area contributed by atoms with Gasteiger partial charge in [-0.3, -0.25) is 0 Å². The van der Waals surface area contributed by atoms with Crippen LogP contribution in [-0.4, -0.2) is 110 Å². The highest BCUT2D eigenvalue weighted by molar-refractivity contribution is 5.85. The molecule has 2 fully saturated rings. The molecule has 0 bridgehead atoms. The third kappa shape index (κ3) is 4.15. The van der Waals surface area contributed by atoms with Crippen molar-refractivity contribution in [3.8, 4) is 0 Å². The number of halogens is 1. The second-order valence-electron chi connectivity index (χ2n) is 5.61. The maximum Gasteiger partial charge on any atom is 0.187 e. The average Bonchev–Trinajstić information content (AvgIpc) is 2.55. The molecule has 0 radical (unpaired) electrons. The monoisotopic (exact) mass is 377 g/mol. The van der Waals surface area contributed by atoms with E-state index in [2.05, 4.69) is 0 Å². The Morgan fingerprint density at radius 3 is 1.92 bits per heavy atom. The first-order valence-electron chi connectivity index (χ1n) is 7.15. The van der Waals surface area contributed by atoms with E-state index in [0.29, 0.717) is 0 Å². The van der Waals surface area contributed by atoms with E-state index in [9.17, 15) is 30.6 Å². The fourth-order valence-corrected chi connectivity index (χ4v) is 2.60. The minimum absolute atomic E-state index is 0. The predicted molar refractivity (Wildman–Crippen MR) is 77.8 cm³/mol. The lowest BCUT2D eigenvalue weighted by molar-refractivity contribution is -0.344. The van der Waals surface area contributed by atoms with Crippen LogP contribution in [0, 0.1) is 0 Å². The van der Waals surface area contributed by atoms with Crippen molar-refractivity contribution in [2.75, 3.05) is 13.2 Å². The third-order valence-corrected chi connectivity index (χ3v) is 4.06. The van der Waals surface area contributed by atoms with E-state index in [1.807, 2.05) is 0 Å². The molecule has 2 aliphatic heterocycles. The fraction of sp³-hybridized carbons (Fsp3) is 1.00. The van der Waals surface area contributed by atoms with E-state index >= 15 is 0 Å². The molecule has 0 unspecified atom stereocenters. The van der Waals surface area contributed by atoms with Gasteiger partial charge in [-0.05, 0) is 0 Å². The van der Waals surface area contributed by atoms with Crippen LogP contribution in [0.15, 0.2) is 0 Å². The van der Waals surface area contributed by atoms with Crippen LogP contribution in [0.1, 0.15) is 0 Å². The van der Waals surface area contributed by atoms with Crippen LogP contribution in [0.4, 0.5) is 0 Å². The molecular weight excluding hydrogens is 354 g/mol. The number of aliphatic hydroxyl groups excluding tert-OH is 7. The highest BCUT2D eigenvalue weighted by atomic mass is 35.5. The molecule has 144 valence electrons. The molecule has 0 aromatic rings. The highest BCUT2D eigenvalue weighted by Gasteiger charge is 2.49. The van der Waals surface area contributed by atoms with E-state index in [0.717, 1.165) is 0 Å². The standard InChI is InChI=1S/C12H23NO10.ClH/c13-5-7(17)10(4(2-15)21-11(5)20)23-12-9(19)8(18)6(16)3(1-14)22-12;/h3-12,14-20H,1-2,13H2;1H/t3-,4-,5-,6+,7-,8+,9-,10-,11-,12+;/m1./s1. The van der Waals surface area contributed by atoms with Crippen molar-refractivity contribution in [2.24, 2.45) is 5.73 Å². The summed E-state index contributed by atoms with van der Waals surface area (Å²) in [7, 11) is 0. The normalized spacial score (nSPS) is 49.5. The maximum atomic E-state index is 10.1. The second-order valence-corrected chi connectivity index (χ2v) is 5.61. The van der Waals surface area contributed by atoms with Gasteiger partial charge < -0.3 is 55.7 Å². The van der Waals surface area contributed by atoms with Gasteiger partial charge >= 0.3 is 0 Å². The number of hydrogen-bond acceptors (Lipinski definition) is 11. The number of aliphatic hydroxyl groups is 7. The molecule has 0 amide bonds. The molecule has 11 nitrogen and oxygen atoms in total. The van der Waals surface area contributed by atoms with Gasteiger partial charge in [0, 0.05) is 0 Å².